The van der Waals surface area contributed by atoms with Crippen molar-refractivity contribution in [3.63, 3.8) is 0 Å². The van der Waals surface area contributed by atoms with E-state index in [1.807, 2.05) is 24.3 Å². The van der Waals surface area contributed by atoms with Crippen molar-refractivity contribution in [2.75, 3.05) is 19.0 Å². The lowest BCUT2D eigenvalue weighted by Gasteiger charge is -2.23. The number of anilines is 1. The second-order valence-corrected chi connectivity index (χ2v) is 7.67. The van der Waals surface area contributed by atoms with Crippen LogP contribution in [0.5, 0.6) is 5.75 Å². The number of hydrogen-bond acceptors (Lipinski definition) is 5. The molecular weight excluding hydrogens is 370 g/mol. The number of carbonyl (C=O) groups is 2. The molecule has 0 saturated carbocycles. The number of amides is 2. The minimum atomic E-state index is -0.712. The first-order valence-electron chi connectivity index (χ1n) is 9.59. The number of likely N-dealkylation sites (tertiary alicyclic amines) is 1. The van der Waals surface area contributed by atoms with Gasteiger partial charge in [0.1, 0.15) is 11.4 Å². The molecule has 7 heteroatoms. The molecule has 2 amide bonds. The van der Waals surface area contributed by atoms with Crippen LogP contribution in [0, 0.1) is 11.8 Å². The van der Waals surface area contributed by atoms with Crippen LogP contribution < -0.4 is 10.1 Å². The van der Waals surface area contributed by atoms with Crippen LogP contribution in [-0.4, -0.2) is 47.1 Å². The van der Waals surface area contributed by atoms with Crippen molar-refractivity contribution in [3.8, 4) is 5.75 Å². The first-order valence-corrected chi connectivity index (χ1v) is 9.59. The van der Waals surface area contributed by atoms with Crippen molar-refractivity contribution in [2.45, 2.75) is 18.2 Å². The Labute approximate surface area is 168 Å². The van der Waals surface area contributed by atoms with Crippen molar-refractivity contribution in [1.82, 2.24) is 9.88 Å². The molecule has 0 unspecified atom stereocenters. The molecule has 148 valence electrons. The van der Waals surface area contributed by atoms with Gasteiger partial charge in [-0.05, 0) is 42.0 Å². The van der Waals surface area contributed by atoms with Gasteiger partial charge in [-0.3, -0.25) is 14.6 Å². The second-order valence-electron chi connectivity index (χ2n) is 7.67. The molecule has 1 spiro atoms. The number of pyridine rings is 1. The van der Waals surface area contributed by atoms with E-state index in [-0.39, 0.29) is 17.9 Å². The van der Waals surface area contributed by atoms with Crippen LogP contribution in [0.4, 0.5) is 5.69 Å². The van der Waals surface area contributed by atoms with Crippen LogP contribution in [0.3, 0.4) is 0 Å². The van der Waals surface area contributed by atoms with Crippen LogP contribution in [0.25, 0.3) is 0 Å². The lowest BCUT2D eigenvalue weighted by atomic mass is 9.77. The Bertz CT molecular complexity index is 975. The number of ether oxygens (including phenoxy) is 2. The summed E-state index contributed by atoms with van der Waals surface area (Å²) in [5, 5.41) is 2.93. The normalized spacial score (nSPS) is 29.2. The lowest BCUT2D eigenvalue weighted by molar-refractivity contribution is -0.136. The third kappa shape index (κ3) is 2.89. The summed E-state index contributed by atoms with van der Waals surface area (Å²) in [5.41, 5.74) is 0.953. The molecule has 1 aromatic carbocycles. The maximum Gasteiger partial charge on any atom is 0.231 e. The predicted molar refractivity (Wildman–Crippen MR) is 105 cm³/mol. The maximum absolute atomic E-state index is 13.2. The van der Waals surface area contributed by atoms with E-state index in [0.29, 0.717) is 24.5 Å². The first kappa shape index (κ1) is 17.9. The van der Waals surface area contributed by atoms with Crippen LogP contribution >= 0.6 is 0 Å². The lowest BCUT2D eigenvalue weighted by Crippen LogP contribution is -2.41. The molecule has 3 aliphatic rings. The summed E-state index contributed by atoms with van der Waals surface area (Å²) < 4.78 is 11.3. The van der Waals surface area contributed by atoms with E-state index in [1.165, 1.54) is 0 Å². The Morgan fingerprint density at radius 1 is 1.28 bits per heavy atom. The number of benzene rings is 1. The van der Waals surface area contributed by atoms with Gasteiger partial charge >= 0.3 is 0 Å². The second kappa shape index (κ2) is 6.70. The van der Waals surface area contributed by atoms with Gasteiger partial charge in [-0.25, -0.2) is 0 Å². The van der Waals surface area contributed by atoms with Crippen LogP contribution in [-0.2, 0) is 20.9 Å². The maximum atomic E-state index is 13.2. The largest absolute Gasteiger partial charge is 0.497 e. The Hall–Kier alpha value is -3.19. The zero-order valence-electron chi connectivity index (χ0n) is 15.9. The Kier molecular flexibility index (Phi) is 4.13. The number of nitrogens with zero attached hydrogens (tertiary/aromatic N) is 2. The van der Waals surface area contributed by atoms with E-state index in [0.717, 1.165) is 5.56 Å². The van der Waals surface area contributed by atoms with Crippen LogP contribution in [0.15, 0.2) is 60.9 Å². The fraction of sp³-hybridized carbons (Fsp3) is 0.318. The highest BCUT2D eigenvalue weighted by molar-refractivity contribution is 5.99. The molecule has 0 radical (unpaired) electrons. The minimum Gasteiger partial charge on any atom is -0.497 e. The number of fused-ring (bicyclic) bond motifs is 1. The average Bonchev–Trinajstić information content (AvgIpc) is 3.38. The van der Waals surface area contributed by atoms with Crippen molar-refractivity contribution < 1.29 is 19.1 Å². The summed E-state index contributed by atoms with van der Waals surface area (Å²) >= 11 is 0. The predicted octanol–water partition coefficient (Wildman–Crippen LogP) is 2.01. The Morgan fingerprint density at radius 2 is 2.03 bits per heavy atom. The van der Waals surface area contributed by atoms with E-state index < -0.39 is 17.4 Å². The summed E-state index contributed by atoms with van der Waals surface area (Å²) in [6, 6.07) is 10.9. The summed E-state index contributed by atoms with van der Waals surface area (Å²) in [7, 11) is 1.59. The molecule has 1 aromatic heterocycles. The van der Waals surface area contributed by atoms with E-state index >= 15 is 0 Å². The molecular formula is C22H21N3O4. The number of rotatable bonds is 5. The van der Waals surface area contributed by atoms with Crippen molar-refractivity contribution in [1.29, 1.82) is 0 Å². The summed E-state index contributed by atoms with van der Waals surface area (Å²) in [6.45, 7) is 0.937. The Balaban J connectivity index is 1.36. The quantitative estimate of drug-likeness (QED) is 0.789. The van der Waals surface area contributed by atoms with Gasteiger partial charge in [0.2, 0.25) is 11.8 Å². The molecule has 2 aromatic rings. The first-order chi connectivity index (χ1) is 14.1. The average molecular weight is 391 g/mol. The number of aromatic nitrogens is 1. The molecule has 29 heavy (non-hydrogen) atoms. The van der Waals surface area contributed by atoms with Gasteiger partial charge in [-0.1, -0.05) is 12.2 Å². The summed E-state index contributed by atoms with van der Waals surface area (Å²) in [5.74, 6) is -0.570. The molecule has 2 bridgehead atoms. The van der Waals surface area contributed by atoms with Gasteiger partial charge in [0.05, 0.1) is 31.6 Å². The smallest absolute Gasteiger partial charge is 0.231 e. The van der Waals surface area contributed by atoms with Crippen LogP contribution in [0.1, 0.15) is 5.56 Å². The molecule has 4 atom stereocenters. The highest BCUT2D eigenvalue weighted by Crippen LogP contribution is 2.52. The third-order valence-electron chi connectivity index (χ3n) is 5.96. The molecule has 4 heterocycles. The standard InChI is InChI=1S/C22H21N3O4/c1-28-16-4-2-15(3-5-16)24-20(26)18-17-6-9-22(29-17)13-25(21(27)19(18)22)12-14-7-10-23-11-8-14/h2-11,17-19H,12-13H2,1H3,(H,24,26)/t17-,18-,19-,22-/m0/s1. The number of nitrogens with one attached hydrogen (secondary N) is 1. The molecule has 7 nitrogen and oxygen atoms in total. The van der Waals surface area contributed by atoms with Gasteiger partial charge in [-0.15, -0.1) is 0 Å². The van der Waals surface area contributed by atoms with Gasteiger partial charge in [0.15, 0.2) is 0 Å². The van der Waals surface area contributed by atoms with Crippen molar-refractivity contribution >= 4 is 17.5 Å². The highest BCUT2D eigenvalue weighted by atomic mass is 16.5. The zero-order valence-corrected chi connectivity index (χ0v) is 15.9. The molecule has 5 rings (SSSR count). The van der Waals surface area contributed by atoms with Crippen LogP contribution in [0.2, 0.25) is 0 Å². The molecule has 2 fully saturated rings. The number of hydrogen-bond donors (Lipinski definition) is 1. The van der Waals surface area contributed by atoms with E-state index in [9.17, 15) is 9.59 Å². The van der Waals surface area contributed by atoms with E-state index in [1.54, 1.807) is 48.7 Å². The van der Waals surface area contributed by atoms with Gasteiger partial charge in [0, 0.05) is 24.6 Å². The van der Waals surface area contributed by atoms with Gasteiger partial charge in [-0.2, -0.15) is 0 Å². The summed E-state index contributed by atoms with van der Waals surface area (Å²) in [6.07, 6.45) is 6.93. The Morgan fingerprint density at radius 3 is 2.76 bits per heavy atom. The minimum absolute atomic E-state index is 0.0384. The monoisotopic (exact) mass is 391 g/mol. The van der Waals surface area contributed by atoms with Gasteiger partial charge < -0.3 is 19.7 Å². The zero-order chi connectivity index (χ0) is 20.0. The fourth-order valence-electron chi connectivity index (χ4n) is 4.62. The van der Waals surface area contributed by atoms with E-state index in [4.69, 9.17) is 9.47 Å². The SMILES string of the molecule is COc1ccc(NC(=O)[C@H]2[C@@H]3C=C[C@@]4(CN(Cc5ccncc5)C(=O)[C@H]24)O3)cc1. The molecule has 0 aliphatic carbocycles. The van der Waals surface area contributed by atoms with Crippen molar-refractivity contribution in [3.05, 3.63) is 66.5 Å². The molecule has 1 N–H and O–H groups in total. The molecule has 3 aliphatic heterocycles. The summed E-state index contributed by atoms with van der Waals surface area (Å²) in [4.78, 5) is 32.1. The highest BCUT2D eigenvalue weighted by Gasteiger charge is 2.66. The molecule has 2 saturated heterocycles. The third-order valence-corrected chi connectivity index (χ3v) is 5.96. The van der Waals surface area contributed by atoms with Gasteiger partial charge in [0.25, 0.3) is 0 Å². The topological polar surface area (TPSA) is 80.8 Å². The number of methoxy groups -OCH3 is 1. The fourth-order valence-corrected chi connectivity index (χ4v) is 4.62. The van der Waals surface area contributed by atoms with E-state index in [2.05, 4.69) is 10.3 Å². The van der Waals surface area contributed by atoms with Crippen molar-refractivity contribution in [2.24, 2.45) is 11.8 Å². The number of carbonyl (C=O) groups excluding carboxylic acids is 2.